The van der Waals surface area contributed by atoms with E-state index in [-0.39, 0.29) is 24.0 Å². The maximum Gasteiger partial charge on any atom is 0.315 e. The Hall–Kier alpha value is -1.30. The van der Waals surface area contributed by atoms with Gasteiger partial charge in [0, 0.05) is 31.7 Å². The molecule has 3 atom stereocenters. The second-order valence-electron chi connectivity index (χ2n) is 8.07. The Kier molecular flexibility index (Phi) is 6.90. The molecule has 0 aromatic rings. The molecular weight excluding hydrogens is 306 g/mol. The molecule has 1 saturated heterocycles. The van der Waals surface area contributed by atoms with Crippen molar-refractivity contribution in [2.45, 2.75) is 65.0 Å². The van der Waals surface area contributed by atoms with Crippen molar-refractivity contribution in [3.8, 4) is 0 Å². The molecule has 2 amide bonds. The van der Waals surface area contributed by atoms with Crippen LogP contribution in [-0.2, 0) is 4.79 Å². The molecular formula is C18H33N3O3. The van der Waals surface area contributed by atoms with Crippen molar-refractivity contribution in [3.05, 3.63) is 0 Å². The van der Waals surface area contributed by atoms with Crippen LogP contribution < -0.4 is 10.6 Å². The number of nitrogens with one attached hydrogen (secondary N) is 2. The molecule has 24 heavy (non-hydrogen) atoms. The molecule has 2 aliphatic rings. The highest BCUT2D eigenvalue weighted by atomic mass is 16.4. The lowest BCUT2D eigenvalue weighted by Crippen LogP contribution is -2.51. The van der Waals surface area contributed by atoms with Crippen LogP contribution in [0.2, 0.25) is 0 Å². The minimum Gasteiger partial charge on any atom is -0.481 e. The van der Waals surface area contributed by atoms with E-state index >= 15 is 0 Å². The average Bonchev–Trinajstić information content (AvgIpc) is 2.46. The zero-order valence-electron chi connectivity index (χ0n) is 15.3. The van der Waals surface area contributed by atoms with Gasteiger partial charge >= 0.3 is 12.0 Å². The van der Waals surface area contributed by atoms with Gasteiger partial charge in [-0.1, -0.05) is 13.8 Å². The Morgan fingerprint density at radius 2 is 1.71 bits per heavy atom. The summed E-state index contributed by atoms with van der Waals surface area (Å²) in [5.74, 6) is 0.489. The van der Waals surface area contributed by atoms with E-state index in [9.17, 15) is 9.59 Å². The van der Waals surface area contributed by atoms with Crippen molar-refractivity contribution >= 4 is 12.0 Å². The molecule has 3 unspecified atom stereocenters. The maximum absolute atomic E-state index is 12.2. The molecule has 1 aliphatic carbocycles. The number of nitrogens with zero attached hydrogens (tertiary/aromatic N) is 1. The molecule has 6 heteroatoms. The highest BCUT2D eigenvalue weighted by Gasteiger charge is 2.27. The summed E-state index contributed by atoms with van der Waals surface area (Å²) in [7, 11) is 0. The van der Waals surface area contributed by atoms with Crippen LogP contribution in [0.25, 0.3) is 0 Å². The number of amides is 2. The first-order chi connectivity index (χ1) is 11.3. The minimum absolute atomic E-state index is 0.0998. The fourth-order valence-electron chi connectivity index (χ4n) is 4.31. The number of piperidine rings is 1. The average molecular weight is 339 g/mol. The first kappa shape index (κ1) is 19.0. The van der Waals surface area contributed by atoms with Crippen LogP contribution in [0.15, 0.2) is 0 Å². The van der Waals surface area contributed by atoms with Crippen molar-refractivity contribution < 1.29 is 14.7 Å². The summed E-state index contributed by atoms with van der Waals surface area (Å²) < 4.78 is 0. The van der Waals surface area contributed by atoms with E-state index in [0.717, 1.165) is 44.3 Å². The third-order valence-electron chi connectivity index (χ3n) is 5.27. The highest BCUT2D eigenvalue weighted by molar-refractivity contribution is 5.74. The number of hydrogen-bond acceptors (Lipinski definition) is 3. The number of carboxylic acid groups (broad SMARTS) is 1. The molecule has 2 fully saturated rings. The van der Waals surface area contributed by atoms with Crippen LogP contribution in [0, 0.1) is 17.8 Å². The molecule has 1 aliphatic heterocycles. The van der Waals surface area contributed by atoms with Crippen LogP contribution >= 0.6 is 0 Å². The molecule has 0 aromatic heterocycles. The number of likely N-dealkylation sites (tertiary alicyclic amines) is 1. The summed E-state index contributed by atoms with van der Waals surface area (Å²) in [5.41, 5.74) is 0. The van der Waals surface area contributed by atoms with Gasteiger partial charge in [-0.05, 0) is 50.9 Å². The molecule has 0 radical (unpaired) electrons. The van der Waals surface area contributed by atoms with Crippen molar-refractivity contribution in [1.29, 1.82) is 0 Å². The van der Waals surface area contributed by atoms with E-state index < -0.39 is 5.97 Å². The van der Waals surface area contributed by atoms with E-state index in [4.69, 9.17) is 5.11 Å². The maximum atomic E-state index is 12.2. The second-order valence-corrected chi connectivity index (χ2v) is 8.07. The Bertz CT molecular complexity index is 425. The summed E-state index contributed by atoms with van der Waals surface area (Å²) in [4.78, 5) is 25.6. The lowest BCUT2D eigenvalue weighted by Gasteiger charge is -2.36. The Labute approximate surface area is 145 Å². The molecule has 1 heterocycles. The number of carboxylic acids is 1. The Morgan fingerprint density at radius 3 is 2.25 bits per heavy atom. The van der Waals surface area contributed by atoms with Crippen molar-refractivity contribution in [3.63, 3.8) is 0 Å². The zero-order chi connectivity index (χ0) is 17.7. The number of rotatable bonds is 5. The van der Waals surface area contributed by atoms with Gasteiger partial charge in [0.25, 0.3) is 0 Å². The Morgan fingerprint density at radius 1 is 1.12 bits per heavy atom. The number of urea groups is 1. The van der Waals surface area contributed by atoms with E-state index in [1.165, 1.54) is 6.42 Å². The third-order valence-corrected chi connectivity index (χ3v) is 5.27. The smallest absolute Gasteiger partial charge is 0.315 e. The van der Waals surface area contributed by atoms with Crippen LogP contribution in [0.3, 0.4) is 0 Å². The van der Waals surface area contributed by atoms with Crippen LogP contribution in [0.5, 0.6) is 0 Å². The number of hydrogen-bond donors (Lipinski definition) is 3. The lowest BCUT2D eigenvalue weighted by atomic mass is 9.86. The summed E-state index contributed by atoms with van der Waals surface area (Å²) in [6, 6.07) is 0.0834. The zero-order valence-corrected chi connectivity index (χ0v) is 15.3. The lowest BCUT2D eigenvalue weighted by molar-refractivity contribution is -0.142. The van der Waals surface area contributed by atoms with Gasteiger partial charge in [-0.2, -0.15) is 0 Å². The third kappa shape index (κ3) is 5.96. The van der Waals surface area contributed by atoms with E-state index in [1.807, 2.05) is 6.92 Å². The second kappa shape index (κ2) is 8.70. The van der Waals surface area contributed by atoms with Gasteiger partial charge in [0.2, 0.25) is 0 Å². The first-order valence-corrected chi connectivity index (χ1v) is 9.35. The van der Waals surface area contributed by atoms with Crippen LogP contribution in [0.1, 0.15) is 52.9 Å². The topological polar surface area (TPSA) is 81.7 Å². The normalized spacial score (nSPS) is 32.8. The first-order valence-electron chi connectivity index (χ1n) is 9.35. The number of carbonyl (C=O) groups excluding carboxylic acids is 1. The molecule has 1 saturated carbocycles. The summed E-state index contributed by atoms with van der Waals surface area (Å²) in [6.07, 6.45) is 4.09. The monoisotopic (exact) mass is 339 g/mol. The summed E-state index contributed by atoms with van der Waals surface area (Å²) in [6.45, 7) is 9.73. The van der Waals surface area contributed by atoms with Crippen molar-refractivity contribution in [2.24, 2.45) is 17.8 Å². The van der Waals surface area contributed by atoms with E-state index in [0.29, 0.717) is 12.8 Å². The van der Waals surface area contributed by atoms with Gasteiger partial charge in [0.15, 0.2) is 0 Å². The molecule has 2 rings (SSSR count). The molecule has 6 nitrogen and oxygen atoms in total. The van der Waals surface area contributed by atoms with Gasteiger partial charge < -0.3 is 20.6 Å². The fourth-order valence-corrected chi connectivity index (χ4v) is 4.31. The van der Waals surface area contributed by atoms with Crippen LogP contribution in [-0.4, -0.2) is 53.7 Å². The fraction of sp³-hybridized carbons (Fsp3) is 0.889. The minimum atomic E-state index is -0.712. The predicted molar refractivity (Wildman–Crippen MR) is 93.9 cm³/mol. The van der Waals surface area contributed by atoms with E-state index in [2.05, 4.69) is 29.4 Å². The molecule has 0 spiro atoms. The summed E-state index contributed by atoms with van der Waals surface area (Å²) in [5, 5.41) is 15.0. The highest BCUT2D eigenvalue weighted by Crippen LogP contribution is 2.24. The summed E-state index contributed by atoms with van der Waals surface area (Å²) >= 11 is 0. The van der Waals surface area contributed by atoms with Gasteiger partial charge in [-0.15, -0.1) is 0 Å². The largest absolute Gasteiger partial charge is 0.481 e. The quantitative estimate of drug-likeness (QED) is 0.718. The Balaban J connectivity index is 1.67. The standard InChI is InChI=1S/C18H33N3O3/c1-12-8-13(2)10-21(9-12)11-14(3)19-18(24)20-16-6-4-15(5-7-16)17(22)23/h12-16H,4-11H2,1-3H3,(H,22,23)(H2,19,20,24). The van der Waals surface area contributed by atoms with Gasteiger partial charge in [0.1, 0.15) is 0 Å². The predicted octanol–water partition coefficient (Wildman–Crippen LogP) is 2.30. The van der Waals surface area contributed by atoms with Gasteiger partial charge in [0.05, 0.1) is 5.92 Å². The van der Waals surface area contributed by atoms with Crippen LogP contribution in [0.4, 0.5) is 4.79 Å². The molecule has 138 valence electrons. The number of aliphatic carboxylic acids is 1. The van der Waals surface area contributed by atoms with Crippen molar-refractivity contribution in [2.75, 3.05) is 19.6 Å². The van der Waals surface area contributed by atoms with E-state index in [1.54, 1.807) is 0 Å². The van der Waals surface area contributed by atoms with Crippen molar-refractivity contribution in [1.82, 2.24) is 15.5 Å². The van der Waals surface area contributed by atoms with Gasteiger partial charge in [-0.25, -0.2) is 4.79 Å². The van der Waals surface area contributed by atoms with Gasteiger partial charge in [-0.3, -0.25) is 4.79 Å². The molecule has 3 N–H and O–H groups in total. The molecule has 0 aromatic carbocycles. The SMILES string of the molecule is CC1CC(C)CN(CC(C)NC(=O)NC2CCC(C(=O)O)CC2)C1. The number of carbonyl (C=O) groups is 2. The molecule has 0 bridgehead atoms.